The highest BCUT2D eigenvalue weighted by atomic mass is 16.6. The number of nitrogens with zero attached hydrogens (tertiary/aromatic N) is 2. The van der Waals surface area contributed by atoms with Crippen molar-refractivity contribution in [2.45, 2.75) is 97.4 Å². The van der Waals surface area contributed by atoms with E-state index in [4.69, 9.17) is 14.5 Å². The molecule has 28 heavy (non-hydrogen) atoms. The van der Waals surface area contributed by atoms with E-state index >= 15 is 0 Å². The normalized spacial score (nSPS) is 25.8. The summed E-state index contributed by atoms with van der Waals surface area (Å²) in [6.07, 6.45) is 9.31. The van der Waals surface area contributed by atoms with E-state index in [2.05, 4.69) is 33.4 Å². The number of hydrogen-bond acceptors (Lipinski definition) is 4. The van der Waals surface area contributed by atoms with E-state index in [-0.39, 0.29) is 17.7 Å². The molecule has 0 bridgehead atoms. The summed E-state index contributed by atoms with van der Waals surface area (Å²) in [5.74, 6) is 0.602. The van der Waals surface area contributed by atoms with Crippen molar-refractivity contribution in [2.75, 3.05) is 7.11 Å². The highest BCUT2D eigenvalue weighted by Gasteiger charge is 2.56. The van der Waals surface area contributed by atoms with Gasteiger partial charge < -0.3 is 9.47 Å². The second kappa shape index (κ2) is 8.30. The van der Waals surface area contributed by atoms with Crippen LogP contribution in [0.4, 0.5) is 4.79 Å². The molecular weight excluding hydrogens is 352 g/mol. The summed E-state index contributed by atoms with van der Waals surface area (Å²) in [5.41, 5.74) is -0.176. The van der Waals surface area contributed by atoms with Crippen LogP contribution in [0.15, 0.2) is 29.3 Å². The standard InChI is InChI=1S/C23H38N2O3/c1-9-15-23(16-17-13-11-10-12-14-17)19(27-8)24-18(21(2,3)4)25(23)20(26)28-22(5,6)7/h9,13,18H,1,10-12,14-16H2,2-8H3/t18-,23+/m0/s1. The zero-order valence-corrected chi connectivity index (χ0v) is 18.8. The van der Waals surface area contributed by atoms with Gasteiger partial charge in [0.25, 0.3) is 0 Å². The van der Waals surface area contributed by atoms with Gasteiger partial charge >= 0.3 is 6.09 Å². The molecule has 0 spiro atoms. The second-order valence-electron chi connectivity index (χ2n) is 10.0. The fraction of sp³-hybridized carbons (Fsp3) is 0.739. The Morgan fingerprint density at radius 1 is 1.32 bits per heavy atom. The van der Waals surface area contributed by atoms with Crippen molar-refractivity contribution in [1.29, 1.82) is 0 Å². The largest absolute Gasteiger partial charge is 0.483 e. The van der Waals surface area contributed by atoms with Crippen LogP contribution in [0.3, 0.4) is 0 Å². The molecule has 5 nitrogen and oxygen atoms in total. The summed E-state index contributed by atoms with van der Waals surface area (Å²) in [6.45, 7) is 15.9. The highest BCUT2D eigenvalue weighted by Crippen LogP contribution is 2.44. The van der Waals surface area contributed by atoms with Crippen LogP contribution in [0.25, 0.3) is 0 Å². The fourth-order valence-electron chi connectivity index (χ4n) is 4.13. The molecule has 0 fully saturated rings. The predicted octanol–water partition coefficient (Wildman–Crippen LogP) is 5.86. The SMILES string of the molecule is C=CC[C@@]1(CC2=CCCCC2)C(OC)=N[C@H](C(C)(C)C)N1C(=O)OC(C)(C)C. The van der Waals surface area contributed by atoms with Crippen molar-refractivity contribution in [1.82, 2.24) is 4.90 Å². The molecule has 1 amide bonds. The minimum atomic E-state index is -0.694. The molecule has 0 saturated carbocycles. The monoisotopic (exact) mass is 390 g/mol. The minimum Gasteiger partial charge on any atom is -0.483 e. The molecule has 1 aliphatic carbocycles. The Morgan fingerprint density at radius 3 is 2.46 bits per heavy atom. The maximum absolute atomic E-state index is 13.4. The lowest BCUT2D eigenvalue weighted by Gasteiger charge is -2.44. The summed E-state index contributed by atoms with van der Waals surface area (Å²) >= 11 is 0. The molecule has 2 aliphatic rings. The molecule has 0 radical (unpaired) electrons. The van der Waals surface area contributed by atoms with Crippen molar-refractivity contribution < 1.29 is 14.3 Å². The van der Waals surface area contributed by atoms with Crippen molar-refractivity contribution in [3.8, 4) is 0 Å². The third-order valence-corrected chi connectivity index (χ3v) is 5.29. The van der Waals surface area contributed by atoms with E-state index in [0.717, 1.165) is 12.8 Å². The molecule has 0 unspecified atom stereocenters. The first-order chi connectivity index (χ1) is 12.9. The molecule has 1 heterocycles. The Bertz CT molecular complexity index is 652. The Kier molecular flexibility index (Phi) is 6.67. The van der Waals surface area contributed by atoms with Crippen molar-refractivity contribution in [3.63, 3.8) is 0 Å². The zero-order valence-electron chi connectivity index (χ0n) is 18.8. The van der Waals surface area contributed by atoms with E-state index < -0.39 is 11.1 Å². The molecule has 5 heteroatoms. The maximum atomic E-state index is 13.4. The van der Waals surface area contributed by atoms with E-state index in [1.165, 1.54) is 18.4 Å². The van der Waals surface area contributed by atoms with Gasteiger partial charge in [0.1, 0.15) is 17.3 Å². The van der Waals surface area contributed by atoms with Crippen LogP contribution in [0.5, 0.6) is 0 Å². The lowest BCUT2D eigenvalue weighted by molar-refractivity contribution is -0.0150. The number of methoxy groups -OCH3 is 1. The predicted molar refractivity (Wildman–Crippen MR) is 114 cm³/mol. The van der Waals surface area contributed by atoms with Crippen LogP contribution in [0.2, 0.25) is 0 Å². The van der Waals surface area contributed by atoms with Gasteiger partial charge in [0.2, 0.25) is 5.90 Å². The Labute approximate surface area is 170 Å². The number of allylic oxidation sites excluding steroid dienone is 1. The van der Waals surface area contributed by atoms with Gasteiger partial charge in [0, 0.05) is 11.8 Å². The molecular formula is C23H38N2O3. The van der Waals surface area contributed by atoms with Gasteiger partial charge in [-0.15, -0.1) is 6.58 Å². The summed E-state index contributed by atoms with van der Waals surface area (Å²) in [6, 6.07) is 0. The number of rotatable bonds is 4. The third-order valence-electron chi connectivity index (χ3n) is 5.29. The number of carbonyl (C=O) groups is 1. The lowest BCUT2D eigenvalue weighted by Crippen LogP contribution is -2.59. The van der Waals surface area contributed by atoms with Gasteiger partial charge in [-0.2, -0.15) is 0 Å². The van der Waals surface area contributed by atoms with Gasteiger partial charge in [-0.3, -0.25) is 4.90 Å². The first kappa shape index (κ1) is 22.5. The zero-order chi connectivity index (χ0) is 21.2. The van der Waals surface area contributed by atoms with Gasteiger partial charge in [-0.25, -0.2) is 9.79 Å². The molecule has 1 aliphatic heterocycles. The van der Waals surface area contributed by atoms with Crippen LogP contribution in [-0.2, 0) is 9.47 Å². The van der Waals surface area contributed by atoms with Gasteiger partial charge in [0.05, 0.1) is 7.11 Å². The summed E-state index contributed by atoms with van der Waals surface area (Å²) in [4.78, 5) is 20.2. The molecule has 0 aromatic heterocycles. The summed E-state index contributed by atoms with van der Waals surface area (Å²) < 4.78 is 11.6. The maximum Gasteiger partial charge on any atom is 0.412 e. The molecule has 158 valence electrons. The highest BCUT2D eigenvalue weighted by molar-refractivity contribution is 5.93. The van der Waals surface area contributed by atoms with E-state index in [1.54, 1.807) is 7.11 Å². The molecule has 2 rings (SSSR count). The number of aliphatic imine (C=N–C) groups is 1. The van der Waals surface area contributed by atoms with Gasteiger partial charge in [-0.05, 0) is 52.9 Å². The molecule has 0 aromatic carbocycles. The van der Waals surface area contributed by atoms with E-state index in [9.17, 15) is 4.79 Å². The van der Waals surface area contributed by atoms with Crippen molar-refractivity contribution in [3.05, 3.63) is 24.3 Å². The smallest absolute Gasteiger partial charge is 0.412 e. The number of hydrogen-bond donors (Lipinski definition) is 0. The number of amides is 1. The summed E-state index contributed by atoms with van der Waals surface area (Å²) in [7, 11) is 1.64. The first-order valence-electron chi connectivity index (χ1n) is 10.4. The summed E-state index contributed by atoms with van der Waals surface area (Å²) in [5, 5.41) is 0. The van der Waals surface area contributed by atoms with Crippen LogP contribution in [0.1, 0.15) is 80.1 Å². The number of ether oxygens (including phenoxy) is 2. The van der Waals surface area contributed by atoms with Gasteiger partial charge in [0.15, 0.2) is 0 Å². The molecule has 0 saturated heterocycles. The average molecular weight is 391 g/mol. The van der Waals surface area contributed by atoms with Crippen molar-refractivity contribution in [2.24, 2.45) is 10.4 Å². The van der Waals surface area contributed by atoms with Crippen LogP contribution < -0.4 is 0 Å². The third kappa shape index (κ3) is 4.79. The van der Waals surface area contributed by atoms with Crippen molar-refractivity contribution >= 4 is 12.0 Å². The Morgan fingerprint density at radius 2 is 2.00 bits per heavy atom. The Hall–Kier alpha value is -1.78. The minimum absolute atomic E-state index is 0.259. The molecule has 0 aromatic rings. The molecule has 0 N–H and O–H groups in total. The van der Waals surface area contributed by atoms with Gasteiger partial charge in [-0.1, -0.05) is 38.5 Å². The van der Waals surface area contributed by atoms with E-state index in [1.807, 2.05) is 31.7 Å². The molecule has 2 atom stereocenters. The fourth-order valence-corrected chi connectivity index (χ4v) is 4.13. The Balaban J connectivity index is 2.56. The topological polar surface area (TPSA) is 51.1 Å². The van der Waals surface area contributed by atoms with Crippen LogP contribution in [0, 0.1) is 5.41 Å². The van der Waals surface area contributed by atoms with Crippen LogP contribution >= 0.6 is 0 Å². The average Bonchev–Trinajstić information content (AvgIpc) is 2.88. The number of carbonyl (C=O) groups excluding carboxylic acids is 1. The lowest BCUT2D eigenvalue weighted by atomic mass is 9.81. The second-order valence-corrected chi connectivity index (χ2v) is 10.0. The quantitative estimate of drug-likeness (QED) is 0.565. The first-order valence-corrected chi connectivity index (χ1v) is 10.4. The van der Waals surface area contributed by atoms with Crippen LogP contribution in [-0.4, -0.2) is 41.3 Å². The van der Waals surface area contributed by atoms with E-state index in [0.29, 0.717) is 18.7 Å².